The highest BCUT2D eigenvalue weighted by molar-refractivity contribution is 5.38. The lowest BCUT2D eigenvalue weighted by Gasteiger charge is -2.29. The van der Waals surface area contributed by atoms with Gasteiger partial charge in [0.1, 0.15) is 0 Å². The average molecular weight is 247 g/mol. The summed E-state index contributed by atoms with van der Waals surface area (Å²) in [4.78, 5) is 0. The molecule has 1 unspecified atom stereocenters. The summed E-state index contributed by atoms with van der Waals surface area (Å²) >= 11 is 0. The molecular formula is C16H25NO. The summed E-state index contributed by atoms with van der Waals surface area (Å²) in [5.41, 5.74) is 5.89. The molecule has 1 heterocycles. The van der Waals surface area contributed by atoms with E-state index in [0.29, 0.717) is 0 Å². The smallest absolute Gasteiger partial charge is 0.0591 e. The number of ether oxygens (including phenoxy) is 1. The molecule has 0 spiro atoms. The lowest BCUT2D eigenvalue weighted by atomic mass is 9.81. The molecular weight excluding hydrogens is 222 g/mol. The minimum Gasteiger partial charge on any atom is -0.380 e. The molecule has 1 saturated heterocycles. The van der Waals surface area contributed by atoms with Crippen LogP contribution in [0.2, 0.25) is 0 Å². The Morgan fingerprint density at radius 2 is 1.89 bits per heavy atom. The van der Waals surface area contributed by atoms with Gasteiger partial charge in [0, 0.05) is 18.5 Å². The predicted octanol–water partition coefficient (Wildman–Crippen LogP) is 2.78. The van der Waals surface area contributed by atoms with Crippen LogP contribution in [-0.2, 0) is 11.2 Å². The molecule has 2 rings (SSSR count). The van der Waals surface area contributed by atoms with Crippen LogP contribution >= 0.6 is 0 Å². The Hall–Kier alpha value is -0.860. The largest absolute Gasteiger partial charge is 0.380 e. The summed E-state index contributed by atoms with van der Waals surface area (Å²) in [6, 6.07) is 4.58. The molecule has 0 aromatic heterocycles. The van der Waals surface area contributed by atoms with Crippen molar-refractivity contribution < 1.29 is 4.74 Å². The molecule has 0 aliphatic carbocycles. The van der Waals surface area contributed by atoms with Crippen molar-refractivity contribution >= 4 is 0 Å². The van der Waals surface area contributed by atoms with E-state index in [-0.39, 0.29) is 5.41 Å². The van der Waals surface area contributed by atoms with E-state index < -0.39 is 0 Å². The molecule has 18 heavy (non-hydrogen) atoms. The van der Waals surface area contributed by atoms with Gasteiger partial charge < -0.3 is 10.1 Å². The van der Waals surface area contributed by atoms with Crippen LogP contribution in [-0.4, -0.2) is 26.3 Å². The second kappa shape index (κ2) is 5.41. The number of nitrogens with one attached hydrogen (secondary N) is 1. The quantitative estimate of drug-likeness (QED) is 0.867. The fourth-order valence-electron chi connectivity index (χ4n) is 2.93. The zero-order chi connectivity index (χ0) is 13.2. The Bertz CT molecular complexity index is 394. The van der Waals surface area contributed by atoms with Gasteiger partial charge in [-0.2, -0.15) is 0 Å². The first-order chi connectivity index (χ1) is 8.50. The Balaban J connectivity index is 2.22. The van der Waals surface area contributed by atoms with Crippen LogP contribution in [0.5, 0.6) is 0 Å². The second-order valence-corrected chi connectivity index (χ2v) is 6.09. The lowest BCUT2D eigenvalue weighted by Crippen LogP contribution is -2.35. The van der Waals surface area contributed by atoms with Crippen molar-refractivity contribution in [3.05, 3.63) is 34.4 Å². The van der Waals surface area contributed by atoms with E-state index in [1.54, 1.807) is 0 Å². The number of rotatable bonds is 2. The zero-order valence-electron chi connectivity index (χ0n) is 12.1. The van der Waals surface area contributed by atoms with E-state index in [0.717, 1.165) is 32.7 Å². The van der Waals surface area contributed by atoms with Gasteiger partial charge in [-0.1, -0.05) is 24.6 Å². The average Bonchev–Trinajstić information content (AvgIpc) is 2.49. The number of aryl methyl sites for hydroxylation is 3. The molecule has 1 aromatic rings. The minimum absolute atomic E-state index is 0.210. The number of hydrogen-bond donors (Lipinski definition) is 1. The maximum Gasteiger partial charge on any atom is 0.0591 e. The van der Waals surface area contributed by atoms with E-state index in [1.165, 1.54) is 22.3 Å². The molecule has 1 atom stereocenters. The molecule has 1 N–H and O–H groups in total. The molecule has 0 bridgehead atoms. The molecule has 100 valence electrons. The van der Waals surface area contributed by atoms with Crippen molar-refractivity contribution in [2.45, 2.75) is 34.1 Å². The van der Waals surface area contributed by atoms with Crippen molar-refractivity contribution in [1.29, 1.82) is 0 Å². The molecule has 0 amide bonds. The van der Waals surface area contributed by atoms with Gasteiger partial charge in [0.15, 0.2) is 0 Å². The van der Waals surface area contributed by atoms with Gasteiger partial charge in [-0.15, -0.1) is 0 Å². The van der Waals surface area contributed by atoms with Crippen LogP contribution < -0.4 is 5.32 Å². The third-order valence-electron chi connectivity index (χ3n) is 3.87. The van der Waals surface area contributed by atoms with Crippen LogP contribution in [0.4, 0.5) is 0 Å². The Kier molecular flexibility index (Phi) is 4.08. The predicted molar refractivity (Wildman–Crippen MR) is 76.2 cm³/mol. The highest BCUT2D eigenvalue weighted by Gasteiger charge is 2.27. The normalized spacial score (nSPS) is 24.9. The molecule has 1 fully saturated rings. The van der Waals surface area contributed by atoms with Crippen molar-refractivity contribution in [3.8, 4) is 0 Å². The Morgan fingerprint density at radius 1 is 1.22 bits per heavy atom. The van der Waals surface area contributed by atoms with Gasteiger partial charge in [-0.25, -0.2) is 0 Å². The standard InChI is InChI=1S/C16H25NO/c1-12-7-13(2)15(14(3)8-12)9-16(4)10-17-5-6-18-11-16/h7-8,17H,5-6,9-11H2,1-4H3. The number of benzene rings is 1. The molecule has 1 aliphatic heterocycles. The summed E-state index contributed by atoms with van der Waals surface area (Å²) in [5.74, 6) is 0. The van der Waals surface area contributed by atoms with E-state index in [4.69, 9.17) is 4.74 Å². The zero-order valence-corrected chi connectivity index (χ0v) is 12.1. The van der Waals surface area contributed by atoms with Crippen LogP contribution in [0, 0.1) is 26.2 Å². The van der Waals surface area contributed by atoms with Crippen LogP contribution in [0.3, 0.4) is 0 Å². The van der Waals surface area contributed by atoms with Gasteiger partial charge in [0.2, 0.25) is 0 Å². The van der Waals surface area contributed by atoms with Gasteiger partial charge in [0.05, 0.1) is 13.2 Å². The van der Waals surface area contributed by atoms with Crippen LogP contribution in [0.1, 0.15) is 29.2 Å². The summed E-state index contributed by atoms with van der Waals surface area (Å²) in [5, 5.41) is 3.48. The van der Waals surface area contributed by atoms with Gasteiger partial charge >= 0.3 is 0 Å². The minimum atomic E-state index is 0.210. The van der Waals surface area contributed by atoms with Crippen molar-refractivity contribution in [2.75, 3.05) is 26.3 Å². The molecule has 2 heteroatoms. The van der Waals surface area contributed by atoms with E-state index in [9.17, 15) is 0 Å². The van der Waals surface area contributed by atoms with Gasteiger partial charge in [-0.05, 0) is 43.9 Å². The molecule has 2 nitrogen and oxygen atoms in total. The fraction of sp³-hybridized carbons (Fsp3) is 0.625. The van der Waals surface area contributed by atoms with Crippen LogP contribution in [0.15, 0.2) is 12.1 Å². The summed E-state index contributed by atoms with van der Waals surface area (Å²) in [6.07, 6.45) is 1.10. The lowest BCUT2D eigenvalue weighted by molar-refractivity contribution is 0.0794. The highest BCUT2D eigenvalue weighted by Crippen LogP contribution is 2.28. The topological polar surface area (TPSA) is 21.3 Å². The maximum absolute atomic E-state index is 5.72. The van der Waals surface area contributed by atoms with Crippen LogP contribution in [0.25, 0.3) is 0 Å². The van der Waals surface area contributed by atoms with E-state index >= 15 is 0 Å². The third kappa shape index (κ3) is 3.12. The summed E-state index contributed by atoms with van der Waals surface area (Å²) < 4.78 is 5.72. The first kappa shape index (κ1) is 13.6. The maximum atomic E-state index is 5.72. The number of hydrogen-bond acceptors (Lipinski definition) is 2. The van der Waals surface area contributed by atoms with E-state index in [2.05, 4.69) is 45.1 Å². The summed E-state index contributed by atoms with van der Waals surface area (Å²) in [6.45, 7) is 12.6. The first-order valence-corrected chi connectivity index (χ1v) is 6.85. The molecule has 1 aromatic carbocycles. The Morgan fingerprint density at radius 3 is 2.56 bits per heavy atom. The van der Waals surface area contributed by atoms with E-state index in [1.807, 2.05) is 0 Å². The SMILES string of the molecule is Cc1cc(C)c(CC2(C)CNCCOC2)c(C)c1. The Labute approximate surface area is 111 Å². The monoisotopic (exact) mass is 247 g/mol. The highest BCUT2D eigenvalue weighted by atomic mass is 16.5. The molecule has 0 saturated carbocycles. The second-order valence-electron chi connectivity index (χ2n) is 6.09. The van der Waals surface area contributed by atoms with Gasteiger partial charge in [-0.3, -0.25) is 0 Å². The first-order valence-electron chi connectivity index (χ1n) is 6.85. The molecule has 0 radical (unpaired) electrons. The van der Waals surface area contributed by atoms with Crippen molar-refractivity contribution in [2.24, 2.45) is 5.41 Å². The van der Waals surface area contributed by atoms with Crippen molar-refractivity contribution in [1.82, 2.24) is 5.32 Å². The summed E-state index contributed by atoms with van der Waals surface area (Å²) in [7, 11) is 0. The molecule has 1 aliphatic rings. The van der Waals surface area contributed by atoms with Gasteiger partial charge in [0.25, 0.3) is 0 Å². The van der Waals surface area contributed by atoms with Crippen molar-refractivity contribution in [3.63, 3.8) is 0 Å². The third-order valence-corrected chi connectivity index (χ3v) is 3.87. The fourth-order valence-corrected chi connectivity index (χ4v) is 2.93.